The summed E-state index contributed by atoms with van der Waals surface area (Å²) in [5, 5.41) is 9.96. The second-order valence-electron chi connectivity index (χ2n) is 6.34. The van der Waals surface area contributed by atoms with Crippen molar-refractivity contribution in [1.82, 2.24) is 4.90 Å². The van der Waals surface area contributed by atoms with Gasteiger partial charge >= 0.3 is 6.09 Å². The van der Waals surface area contributed by atoms with Crippen molar-refractivity contribution in [1.29, 1.82) is 0 Å². The van der Waals surface area contributed by atoms with Crippen LogP contribution in [0.1, 0.15) is 53.4 Å². The minimum atomic E-state index is -0.568. The summed E-state index contributed by atoms with van der Waals surface area (Å²) in [6, 6.07) is 0. The molecule has 0 unspecified atom stereocenters. The van der Waals surface area contributed by atoms with Crippen LogP contribution in [0, 0.1) is 17.8 Å². The average molecular weight is 281 g/mol. The molecule has 114 valence electrons. The number of ether oxygens (including phenoxy) is 1. The van der Waals surface area contributed by atoms with Gasteiger partial charge in [0.05, 0.1) is 18.6 Å². The van der Waals surface area contributed by atoms with E-state index >= 15 is 0 Å². The number of nitrogens with zero attached hydrogens (tertiary/aromatic N) is 1. The molecule has 0 bridgehead atoms. The Hall–Kier alpha value is -1.21. The molecular weight excluding hydrogens is 254 g/mol. The predicted molar refractivity (Wildman–Crippen MR) is 79.2 cm³/mol. The van der Waals surface area contributed by atoms with Crippen molar-refractivity contribution in [2.24, 2.45) is 5.92 Å². The van der Waals surface area contributed by atoms with E-state index in [0.29, 0.717) is 13.1 Å². The quantitative estimate of drug-likeness (QED) is 0.639. The molecule has 0 radical (unpaired) electrons. The lowest BCUT2D eigenvalue weighted by Crippen LogP contribution is -2.35. The normalized spacial score (nSPS) is 22.4. The molecular formula is C16H27NO3. The molecule has 1 rings (SSSR count). The maximum Gasteiger partial charge on any atom is 0.410 e. The van der Waals surface area contributed by atoms with Crippen LogP contribution < -0.4 is 0 Å². The van der Waals surface area contributed by atoms with Gasteiger partial charge in [0.2, 0.25) is 0 Å². The highest BCUT2D eigenvalue weighted by Gasteiger charge is 2.35. The van der Waals surface area contributed by atoms with E-state index in [2.05, 4.69) is 18.8 Å². The van der Waals surface area contributed by atoms with E-state index in [4.69, 9.17) is 4.74 Å². The van der Waals surface area contributed by atoms with Crippen molar-refractivity contribution in [3.05, 3.63) is 0 Å². The number of aliphatic hydroxyl groups excluding tert-OH is 1. The fourth-order valence-electron chi connectivity index (χ4n) is 2.07. The Bertz CT molecular complexity index is 375. The fourth-order valence-corrected chi connectivity index (χ4v) is 2.07. The van der Waals surface area contributed by atoms with E-state index in [-0.39, 0.29) is 12.0 Å². The monoisotopic (exact) mass is 281 g/mol. The van der Waals surface area contributed by atoms with Crippen LogP contribution in [0.25, 0.3) is 0 Å². The van der Waals surface area contributed by atoms with Crippen LogP contribution in [0.4, 0.5) is 4.79 Å². The van der Waals surface area contributed by atoms with Gasteiger partial charge in [-0.15, -0.1) is 5.92 Å². The molecule has 0 spiro atoms. The van der Waals surface area contributed by atoms with Gasteiger partial charge in [-0.2, -0.15) is 0 Å². The number of hydrogen-bond donors (Lipinski definition) is 1. The molecule has 0 aromatic rings. The molecule has 2 atom stereocenters. The molecule has 1 saturated heterocycles. The van der Waals surface area contributed by atoms with E-state index in [1.54, 1.807) is 4.90 Å². The zero-order chi connectivity index (χ0) is 15.2. The number of carbonyl (C=O) groups excluding carboxylic acids is 1. The average Bonchev–Trinajstić information content (AvgIpc) is 2.69. The Kier molecular flexibility index (Phi) is 6.35. The fraction of sp³-hybridized carbons (Fsp3) is 0.812. The largest absolute Gasteiger partial charge is 0.444 e. The summed E-state index contributed by atoms with van der Waals surface area (Å²) in [7, 11) is 0. The van der Waals surface area contributed by atoms with Gasteiger partial charge in [-0.1, -0.05) is 25.7 Å². The third-order valence-electron chi connectivity index (χ3n) is 3.13. The molecule has 0 aliphatic carbocycles. The maximum absolute atomic E-state index is 11.9. The summed E-state index contributed by atoms with van der Waals surface area (Å²) in [6.45, 7) is 8.43. The summed E-state index contributed by atoms with van der Waals surface area (Å²) < 4.78 is 5.30. The van der Waals surface area contributed by atoms with Gasteiger partial charge < -0.3 is 14.7 Å². The molecule has 1 amide bonds. The topological polar surface area (TPSA) is 49.8 Å². The Labute approximate surface area is 122 Å². The molecule has 1 fully saturated rings. The predicted octanol–water partition coefficient (Wildman–Crippen LogP) is 2.80. The van der Waals surface area contributed by atoms with Crippen LogP contribution in [-0.4, -0.2) is 40.9 Å². The standard InChI is InChI=1S/C16H27NO3/c1-5-6-7-8-9-10-13-11-17(12-14(13)18)15(19)20-16(2,3)4/h13-14,18H,5-8,11-12H2,1-4H3/t13-,14-/m1/s1. The first kappa shape index (κ1) is 16.8. The summed E-state index contributed by atoms with van der Waals surface area (Å²) in [4.78, 5) is 13.5. The Balaban J connectivity index is 2.44. The molecule has 4 heteroatoms. The summed E-state index contributed by atoms with van der Waals surface area (Å²) in [5.41, 5.74) is -0.508. The zero-order valence-electron chi connectivity index (χ0n) is 13.1. The zero-order valence-corrected chi connectivity index (χ0v) is 13.1. The summed E-state index contributed by atoms with van der Waals surface area (Å²) in [6.07, 6.45) is 3.39. The Morgan fingerprint density at radius 1 is 1.35 bits per heavy atom. The molecule has 0 saturated carbocycles. The molecule has 20 heavy (non-hydrogen) atoms. The number of β-amino-alcohol motifs (C(OH)–C–C–N with tert-alkyl or cyclic N) is 1. The van der Waals surface area contributed by atoms with Crippen LogP contribution >= 0.6 is 0 Å². The number of amides is 1. The number of carbonyl (C=O) groups is 1. The van der Waals surface area contributed by atoms with E-state index in [9.17, 15) is 9.90 Å². The highest BCUT2D eigenvalue weighted by atomic mass is 16.6. The Morgan fingerprint density at radius 3 is 2.65 bits per heavy atom. The van der Waals surface area contributed by atoms with Gasteiger partial charge in [-0.3, -0.25) is 0 Å². The lowest BCUT2D eigenvalue weighted by molar-refractivity contribution is 0.0270. The van der Waals surface area contributed by atoms with Crippen LogP contribution in [0.2, 0.25) is 0 Å². The SMILES string of the molecule is CCCCCC#C[C@@H]1CN(C(=O)OC(C)(C)C)C[C@H]1O. The first-order valence-corrected chi connectivity index (χ1v) is 7.48. The highest BCUT2D eigenvalue weighted by Crippen LogP contribution is 2.19. The van der Waals surface area contributed by atoms with Crippen molar-refractivity contribution in [2.75, 3.05) is 13.1 Å². The minimum Gasteiger partial charge on any atom is -0.444 e. The number of hydrogen-bond acceptors (Lipinski definition) is 3. The smallest absolute Gasteiger partial charge is 0.410 e. The van der Waals surface area contributed by atoms with Gasteiger partial charge in [-0.25, -0.2) is 4.79 Å². The number of likely N-dealkylation sites (tertiary alicyclic amines) is 1. The molecule has 0 aromatic carbocycles. The van der Waals surface area contributed by atoms with Gasteiger partial charge in [-0.05, 0) is 27.2 Å². The molecule has 1 N–H and O–H groups in total. The molecule has 4 nitrogen and oxygen atoms in total. The van der Waals surface area contributed by atoms with E-state index in [0.717, 1.165) is 12.8 Å². The first-order chi connectivity index (χ1) is 9.33. The first-order valence-electron chi connectivity index (χ1n) is 7.48. The summed E-state index contributed by atoms with van der Waals surface area (Å²) in [5.74, 6) is 6.05. The van der Waals surface area contributed by atoms with E-state index in [1.807, 2.05) is 20.8 Å². The number of rotatable bonds is 3. The van der Waals surface area contributed by atoms with Crippen molar-refractivity contribution in [3.8, 4) is 11.8 Å². The van der Waals surface area contributed by atoms with E-state index < -0.39 is 11.7 Å². The molecule has 1 heterocycles. The maximum atomic E-state index is 11.9. The number of unbranched alkanes of at least 4 members (excludes halogenated alkanes) is 3. The van der Waals surface area contributed by atoms with Crippen LogP contribution in [0.3, 0.4) is 0 Å². The summed E-state index contributed by atoms with van der Waals surface area (Å²) >= 11 is 0. The van der Waals surface area contributed by atoms with Crippen molar-refractivity contribution in [2.45, 2.75) is 65.1 Å². The van der Waals surface area contributed by atoms with Gasteiger partial charge in [0.1, 0.15) is 5.60 Å². The van der Waals surface area contributed by atoms with Crippen molar-refractivity contribution < 1.29 is 14.6 Å². The lowest BCUT2D eigenvalue weighted by Gasteiger charge is -2.24. The minimum absolute atomic E-state index is 0.149. The van der Waals surface area contributed by atoms with Crippen molar-refractivity contribution in [3.63, 3.8) is 0 Å². The van der Waals surface area contributed by atoms with Crippen LogP contribution in [0.15, 0.2) is 0 Å². The number of aliphatic hydroxyl groups is 1. The third kappa shape index (κ3) is 5.83. The second-order valence-corrected chi connectivity index (χ2v) is 6.34. The van der Waals surface area contributed by atoms with Crippen molar-refractivity contribution >= 4 is 6.09 Å². The third-order valence-corrected chi connectivity index (χ3v) is 3.13. The van der Waals surface area contributed by atoms with Gasteiger partial charge in [0.25, 0.3) is 0 Å². The van der Waals surface area contributed by atoms with Crippen LogP contribution in [0.5, 0.6) is 0 Å². The second kappa shape index (κ2) is 7.54. The van der Waals surface area contributed by atoms with Gasteiger partial charge in [0.15, 0.2) is 0 Å². The van der Waals surface area contributed by atoms with Crippen LogP contribution in [-0.2, 0) is 4.74 Å². The van der Waals surface area contributed by atoms with Gasteiger partial charge in [0, 0.05) is 13.0 Å². The lowest BCUT2D eigenvalue weighted by atomic mass is 10.1. The van der Waals surface area contributed by atoms with E-state index in [1.165, 1.54) is 12.8 Å². The highest BCUT2D eigenvalue weighted by molar-refractivity contribution is 5.68. The molecule has 0 aromatic heterocycles. The molecule has 1 aliphatic rings. The molecule has 1 aliphatic heterocycles. The Morgan fingerprint density at radius 2 is 2.05 bits per heavy atom.